The number of nitrogens with one attached hydrogen (secondary N) is 2. The molecule has 116 valence electrons. The molecule has 0 saturated carbocycles. The summed E-state index contributed by atoms with van der Waals surface area (Å²) in [6.45, 7) is 3.06. The van der Waals surface area contributed by atoms with Gasteiger partial charge in [0, 0.05) is 12.6 Å². The number of hydrogen-bond donors (Lipinski definition) is 2. The molecule has 2 aromatic carbocycles. The van der Waals surface area contributed by atoms with Gasteiger partial charge in [-0.05, 0) is 48.9 Å². The molecule has 2 rings (SSSR count). The molecule has 22 heavy (non-hydrogen) atoms. The molecule has 0 bridgehead atoms. The van der Waals surface area contributed by atoms with Gasteiger partial charge in [0.15, 0.2) is 0 Å². The van der Waals surface area contributed by atoms with E-state index in [-0.39, 0.29) is 16.5 Å². The number of benzene rings is 2. The van der Waals surface area contributed by atoms with E-state index in [1.54, 1.807) is 13.0 Å². The number of aryl methyl sites for hydroxylation is 1. The van der Waals surface area contributed by atoms with E-state index in [9.17, 15) is 17.6 Å². The summed E-state index contributed by atoms with van der Waals surface area (Å²) in [7, 11) is -3.90. The minimum atomic E-state index is -3.90. The third-order valence-corrected chi connectivity index (χ3v) is 4.24. The highest BCUT2D eigenvalue weighted by Gasteiger charge is 2.16. The first-order valence-electron chi connectivity index (χ1n) is 6.44. The summed E-state index contributed by atoms with van der Waals surface area (Å²) in [4.78, 5) is 10.9. The first-order chi connectivity index (χ1) is 10.3. The lowest BCUT2D eigenvalue weighted by Gasteiger charge is -2.10. The topological polar surface area (TPSA) is 75.3 Å². The number of amides is 1. The number of sulfonamides is 1. The van der Waals surface area contributed by atoms with E-state index in [1.165, 1.54) is 43.3 Å². The lowest BCUT2D eigenvalue weighted by Crippen LogP contribution is -2.14. The van der Waals surface area contributed by atoms with Crippen molar-refractivity contribution in [2.24, 2.45) is 0 Å². The van der Waals surface area contributed by atoms with Crippen LogP contribution >= 0.6 is 0 Å². The predicted octanol–water partition coefficient (Wildman–Crippen LogP) is 2.89. The van der Waals surface area contributed by atoms with E-state index >= 15 is 0 Å². The predicted molar refractivity (Wildman–Crippen MR) is 82.7 cm³/mol. The molecule has 0 radical (unpaired) electrons. The van der Waals surface area contributed by atoms with Crippen LogP contribution in [0.3, 0.4) is 0 Å². The zero-order chi connectivity index (χ0) is 16.3. The van der Waals surface area contributed by atoms with Gasteiger partial charge in [0.1, 0.15) is 5.82 Å². The summed E-state index contributed by atoms with van der Waals surface area (Å²) in [5.41, 5.74) is 1.06. The SMILES string of the molecule is CC(=O)Nc1ccc(S(=O)(=O)Nc2ccc(C)cc2F)cc1. The quantitative estimate of drug-likeness (QED) is 0.909. The van der Waals surface area contributed by atoms with Crippen LogP contribution in [0.4, 0.5) is 15.8 Å². The van der Waals surface area contributed by atoms with Gasteiger partial charge in [0.25, 0.3) is 10.0 Å². The molecule has 0 aliphatic carbocycles. The van der Waals surface area contributed by atoms with Crippen LogP contribution in [0.1, 0.15) is 12.5 Å². The Labute approximate surface area is 128 Å². The maximum Gasteiger partial charge on any atom is 0.261 e. The Balaban J connectivity index is 2.24. The molecule has 0 aromatic heterocycles. The van der Waals surface area contributed by atoms with Gasteiger partial charge in [0.05, 0.1) is 10.6 Å². The van der Waals surface area contributed by atoms with Gasteiger partial charge in [-0.25, -0.2) is 12.8 Å². The smallest absolute Gasteiger partial charge is 0.261 e. The molecule has 0 spiro atoms. The van der Waals surface area contributed by atoms with Crippen LogP contribution in [0.2, 0.25) is 0 Å². The second-order valence-electron chi connectivity index (χ2n) is 4.79. The first kappa shape index (κ1) is 16.0. The summed E-state index contributed by atoms with van der Waals surface area (Å²) < 4.78 is 40.3. The molecule has 0 saturated heterocycles. The largest absolute Gasteiger partial charge is 0.326 e. The van der Waals surface area contributed by atoms with Crippen LogP contribution in [-0.2, 0) is 14.8 Å². The van der Waals surface area contributed by atoms with Crippen LogP contribution < -0.4 is 10.0 Å². The molecule has 0 unspecified atom stereocenters. The molecule has 5 nitrogen and oxygen atoms in total. The van der Waals surface area contributed by atoms with Gasteiger partial charge in [-0.1, -0.05) is 6.07 Å². The molecule has 0 fully saturated rings. The Morgan fingerprint density at radius 1 is 1.09 bits per heavy atom. The summed E-state index contributed by atoms with van der Waals surface area (Å²) >= 11 is 0. The van der Waals surface area contributed by atoms with Gasteiger partial charge in [-0.3, -0.25) is 9.52 Å². The molecule has 1 amide bonds. The fourth-order valence-electron chi connectivity index (χ4n) is 1.83. The van der Waals surface area contributed by atoms with E-state index in [0.717, 1.165) is 0 Å². The monoisotopic (exact) mass is 322 g/mol. The molecule has 2 N–H and O–H groups in total. The van der Waals surface area contributed by atoms with Gasteiger partial charge < -0.3 is 5.32 Å². The van der Waals surface area contributed by atoms with Crippen LogP contribution in [0, 0.1) is 12.7 Å². The molecular weight excluding hydrogens is 307 g/mol. The van der Waals surface area contributed by atoms with Crippen molar-refractivity contribution in [3.05, 3.63) is 53.8 Å². The Kier molecular flexibility index (Phi) is 4.46. The Morgan fingerprint density at radius 3 is 2.27 bits per heavy atom. The van der Waals surface area contributed by atoms with Crippen molar-refractivity contribution in [2.45, 2.75) is 18.7 Å². The minimum Gasteiger partial charge on any atom is -0.326 e. The zero-order valence-electron chi connectivity index (χ0n) is 12.1. The van der Waals surface area contributed by atoms with Gasteiger partial charge in [-0.15, -0.1) is 0 Å². The first-order valence-corrected chi connectivity index (χ1v) is 7.93. The van der Waals surface area contributed by atoms with Gasteiger partial charge in [0.2, 0.25) is 5.91 Å². The Bertz CT molecular complexity index is 802. The normalized spacial score (nSPS) is 11.0. The highest BCUT2D eigenvalue weighted by molar-refractivity contribution is 7.92. The summed E-state index contributed by atoms with van der Waals surface area (Å²) in [5, 5.41) is 2.53. The van der Waals surface area contributed by atoms with Crippen molar-refractivity contribution < 1.29 is 17.6 Å². The fraction of sp³-hybridized carbons (Fsp3) is 0.133. The number of rotatable bonds is 4. The van der Waals surface area contributed by atoms with E-state index in [1.807, 2.05) is 0 Å². The highest BCUT2D eigenvalue weighted by Crippen LogP contribution is 2.21. The van der Waals surface area contributed by atoms with Crippen LogP contribution in [0.15, 0.2) is 47.4 Å². The summed E-state index contributed by atoms with van der Waals surface area (Å²) in [6, 6.07) is 9.81. The molecule has 0 aliphatic heterocycles. The molecular formula is C15H15FN2O3S. The highest BCUT2D eigenvalue weighted by atomic mass is 32.2. The van der Waals surface area contributed by atoms with Crippen molar-refractivity contribution in [1.82, 2.24) is 0 Å². The number of carbonyl (C=O) groups is 1. The molecule has 0 aliphatic rings. The van der Waals surface area contributed by atoms with Crippen molar-refractivity contribution in [1.29, 1.82) is 0 Å². The molecule has 2 aromatic rings. The molecule has 7 heteroatoms. The lowest BCUT2D eigenvalue weighted by atomic mass is 10.2. The van der Waals surface area contributed by atoms with Crippen LogP contribution in [0.25, 0.3) is 0 Å². The standard InChI is InChI=1S/C15H15FN2O3S/c1-10-3-8-15(14(16)9-10)18-22(20,21)13-6-4-12(5-7-13)17-11(2)19/h3-9,18H,1-2H3,(H,17,19). The van der Waals surface area contributed by atoms with E-state index < -0.39 is 15.8 Å². The average Bonchev–Trinajstić information content (AvgIpc) is 2.42. The Hall–Kier alpha value is -2.41. The second-order valence-corrected chi connectivity index (χ2v) is 6.48. The number of carbonyl (C=O) groups excluding carboxylic acids is 1. The van der Waals surface area contributed by atoms with E-state index in [0.29, 0.717) is 11.3 Å². The maximum atomic E-state index is 13.7. The zero-order valence-corrected chi connectivity index (χ0v) is 12.9. The maximum absolute atomic E-state index is 13.7. The minimum absolute atomic E-state index is 0.0263. The second kappa shape index (κ2) is 6.15. The van der Waals surface area contributed by atoms with Crippen molar-refractivity contribution in [3.8, 4) is 0 Å². The summed E-state index contributed by atoms with van der Waals surface area (Å²) in [5.74, 6) is -0.895. The number of hydrogen-bond acceptors (Lipinski definition) is 3. The third kappa shape index (κ3) is 3.82. The molecule has 0 heterocycles. The van der Waals surface area contributed by atoms with Crippen molar-refractivity contribution in [3.63, 3.8) is 0 Å². The Morgan fingerprint density at radius 2 is 1.73 bits per heavy atom. The fourth-order valence-corrected chi connectivity index (χ4v) is 2.89. The average molecular weight is 322 g/mol. The van der Waals surface area contributed by atoms with Gasteiger partial charge >= 0.3 is 0 Å². The third-order valence-electron chi connectivity index (χ3n) is 2.85. The van der Waals surface area contributed by atoms with Crippen LogP contribution in [0.5, 0.6) is 0 Å². The lowest BCUT2D eigenvalue weighted by molar-refractivity contribution is -0.114. The molecule has 0 atom stereocenters. The van der Waals surface area contributed by atoms with E-state index in [4.69, 9.17) is 0 Å². The van der Waals surface area contributed by atoms with Crippen molar-refractivity contribution >= 4 is 27.3 Å². The van der Waals surface area contributed by atoms with E-state index in [2.05, 4.69) is 10.0 Å². The van der Waals surface area contributed by atoms with Gasteiger partial charge in [-0.2, -0.15) is 0 Å². The summed E-state index contributed by atoms with van der Waals surface area (Å²) in [6.07, 6.45) is 0. The van der Waals surface area contributed by atoms with Crippen LogP contribution in [-0.4, -0.2) is 14.3 Å². The number of anilines is 2. The number of halogens is 1. The van der Waals surface area contributed by atoms with Crippen molar-refractivity contribution in [2.75, 3.05) is 10.0 Å².